The minimum atomic E-state index is -1.25. The van der Waals surface area contributed by atoms with Crippen LogP contribution in [0.1, 0.15) is 27.6 Å². The molecule has 0 aliphatic carbocycles. The van der Waals surface area contributed by atoms with Gasteiger partial charge in [-0.1, -0.05) is 40.2 Å². The topological polar surface area (TPSA) is 79.6 Å². The number of benzene rings is 3. The van der Waals surface area contributed by atoms with E-state index in [2.05, 4.69) is 15.9 Å². The van der Waals surface area contributed by atoms with Crippen LogP contribution in [0.2, 0.25) is 0 Å². The molecule has 2 heterocycles. The Hall–Kier alpha value is -3.45. The number of imide groups is 1. The highest BCUT2D eigenvalue weighted by molar-refractivity contribution is 9.10. The maximum atomic E-state index is 13.2. The molecule has 0 fully saturated rings. The molecule has 6 nitrogen and oxygen atoms in total. The monoisotopic (exact) mass is 462 g/mol. The van der Waals surface area contributed by atoms with Crippen molar-refractivity contribution in [3.63, 3.8) is 0 Å². The van der Waals surface area contributed by atoms with Crippen molar-refractivity contribution in [3.8, 4) is 5.69 Å². The van der Waals surface area contributed by atoms with Gasteiger partial charge in [0.25, 0.3) is 11.8 Å². The number of carbonyl (C=O) groups is 3. The lowest BCUT2D eigenvalue weighted by molar-refractivity contribution is -0.140. The van der Waals surface area contributed by atoms with Gasteiger partial charge in [0.05, 0.1) is 27.8 Å². The van der Waals surface area contributed by atoms with Crippen LogP contribution in [-0.2, 0) is 4.79 Å². The molecule has 4 aromatic rings. The van der Waals surface area contributed by atoms with E-state index in [9.17, 15) is 19.5 Å². The minimum Gasteiger partial charge on any atom is -0.480 e. The number of halogens is 1. The van der Waals surface area contributed by atoms with Crippen molar-refractivity contribution < 1.29 is 19.5 Å². The third kappa shape index (κ3) is 2.45. The normalized spacial score (nSPS) is 14.5. The van der Waals surface area contributed by atoms with Gasteiger partial charge in [0.2, 0.25) is 0 Å². The predicted octanol–water partition coefficient (Wildman–Crippen LogP) is 4.62. The van der Waals surface area contributed by atoms with Crippen molar-refractivity contribution in [2.75, 3.05) is 0 Å². The molecule has 148 valence electrons. The number of carboxylic acids is 1. The molecule has 1 aliphatic rings. The van der Waals surface area contributed by atoms with Gasteiger partial charge in [0, 0.05) is 15.2 Å². The van der Waals surface area contributed by atoms with Gasteiger partial charge >= 0.3 is 5.97 Å². The van der Waals surface area contributed by atoms with Crippen molar-refractivity contribution in [2.24, 2.45) is 0 Å². The number of fused-ring (bicyclic) bond motifs is 4. The number of carbonyl (C=O) groups excluding carboxylic acids is 2. The SMILES string of the molecule is CC(C(=O)O)N1C(=O)c2cccc(-n3c4ccccc4c4cc(Br)ccc43)c2C1=O. The van der Waals surface area contributed by atoms with E-state index in [1.807, 2.05) is 47.0 Å². The zero-order valence-electron chi connectivity index (χ0n) is 15.8. The Morgan fingerprint density at radius 1 is 0.933 bits per heavy atom. The molecule has 0 spiro atoms. The molecular weight excluding hydrogens is 448 g/mol. The Labute approximate surface area is 179 Å². The maximum Gasteiger partial charge on any atom is 0.326 e. The summed E-state index contributed by atoms with van der Waals surface area (Å²) < 4.78 is 2.89. The molecule has 30 heavy (non-hydrogen) atoms. The van der Waals surface area contributed by atoms with Crippen molar-refractivity contribution in [2.45, 2.75) is 13.0 Å². The number of carboxylic acid groups (broad SMARTS) is 1. The van der Waals surface area contributed by atoms with Crippen LogP contribution in [0, 0.1) is 0 Å². The van der Waals surface area contributed by atoms with Gasteiger partial charge in [-0.2, -0.15) is 0 Å². The molecule has 7 heteroatoms. The third-order valence-electron chi connectivity index (χ3n) is 5.54. The summed E-state index contributed by atoms with van der Waals surface area (Å²) in [5.74, 6) is -2.41. The average Bonchev–Trinajstić information content (AvgIpc) is 3.19. The molecule has 1 aliphatic heterocycles. The van der Waals surface area contributed by atoms with Crippen LogP contribution in [0.25, 0.3) is 27.5 Å². The molecule has 1 atom stereocenters. The summed E-state index contributed by atoms with van der Waals surface area (Å²) in [6, 6.07) is 17.6. The largest absolute Gasteiger partial charge is 0.480 e. The lowest BCUT2D eigenvalue weighted by atomic mass is 10.1. The van der Waals surface area contributed by atoms with Crippen LogP contribution >= 0.6 is 15.9 Å². The van der Waals surface area contributed by atoms with Gasteiger partial charge < -0.3 is 9.67 Å². The fraction of sp³-hybridized carbons (Fsp3) is 0.0870. The predicted molar refractivity (Wildman–Crippen MR) is 116 cm³/mol. The van der Waals surface area contributed by atoms with Crippen LogP contribution in [-0.4, -0.2) is 38.4 Å². The zero-order chi connectivity index (χ0) is 21.2. The molecule has 3 aromatic carbocycles. The Bertz CT molecular complexity index is 1410. The second-order valence-corrected chi connectivity index (χ2v) is 8.12. The van der Waals surface area contributed by atoms with E-state index >= 15 is 0 Å². The van der Waals surface area contributed by atoms with E-state index in [4.69, 9.17) is 0 Å². The first kappa shape index (κ1) is 18.6. The van der Waals surface area contributed by atoms with E-state index in [0.29, 0.717) is 5.69 Å². The zero-order valence-corrected chi connectivity index (χ0v) is 17.4. The van der Waals surface area contributed by atoms with Crippen LogP contribution < -0.4 is 0 Å². The summed E-state index contributed by atoms with van der Waals surface area (Å²) in [6.45, 7) is 1.33. The van der Waals surface area contributed by atoms with Gasteiger partial charge in [-0.25, -0.2) is 4.79 Å². The number of hydrogen-bond donors (Lipinski definition) is 1. The fourth-order valence-corrected chi connectivity index (χ4v) is 4.50. The summed E-state index contributed by atoms with van der Waals surface area (Å²) in [4.78, 5) is 38.4. The van der Waals surface area contributed by atoms with Gasteiger partial charge in [-0.05, 0) is 43.3 Å². The smallest absolute Gasteiger partial charge is 0.326 e. The van der Waals surface area contributed by atoms with E-state index < -0.39 is 23.8 Å². The summed E-state index contributed by atoms with van der Waals surface area (Å²) >= 11 is 3.52. The standard InChI is InChI=1S/C23H15BrN2O4/c1-12(23(29)30)25-21(27)15-6-4-8-19(20(15)22(25)28)26-17-7-3-2-5-14(17)16-11-13(24)9-10-18(16)26/h2-12H,1H3,(H,29,30). The first-order valence-electron chi connectivity index (χ1n) is 9.33. The highest BCUT2D eigenvalue weighted by Crippen LogP contribution is 2.37. The van der Waals surface area contributed by atoms with E-state index in [0.717, 1.165) is 31.2 Å². The summed E-state index contributed by atoms with van der Waals surface area (Å²) in [5, 5.41) is 11.4. The van der Waals surface area contributed by atoms with Gasteiger partial charge in [-0.3, -0.25) is 14.5 Å². The molecular formula is C23H15BrN2O4. The van der Waals surface area contributed by atoms with Crippen LogP contribution in [0.3, 0.4) is 0 Å². The molecule has 5 rings (SSSR count). The fourth-order valence-electron chi connectivity index (χ4n) is 4.14. The quantitative estimate of drug-likeness (QED) is 0.450. The van der Waals surface area contributed by atoms with Crippen molar-refractivity contribution in [3.05, 3.63) is 76.3 Å². The molecule has 1 N–H and O–H groups in total. The number of nitrogens with zero attached hydrogens (tertiary/aromatic N) is 2. The van der Waals surface area contributed by atoms with Gasteiger partial charge in [0.1, 0.15) is 6.04 Å². The van der Waals surface area contributed by atoms with Gasteiger partial charge in [0.15, 0.2) is 0 Å². The number of amides is 2. The first-order valence-corrected chi connectivity index (χ1v) is 10.1. The lowest BCUT2D eigenvalue weighted by Crippen LogP contribution is -2.42. The number of para-hydroxylation sites is 1. The Balaban J connectivity index is 1.84. The number of aromatic nitrogens is 1. The molecule has 0 saturated carbocycles. The summed E-state index contributed by atoms with van der Waals surface area (Å²) in [7, 11) is 0. The van der Waals surface area contributed by atoms with Crippen LogP contribution in [0.4, 0.5) is 0 Å². The second-order valence-electron chi connectivity index (χ2n) is 7.21. The van der Waals surface area contributed by atoms with E-state index in [1.54, 1.807) is 18.2 Å². The maximum absolute atomic E-state index is 13.2. The van der Waals surface area contributed by atoms with E-state index in [1.165, 1.54) is 6.92 Å². The highest BCUT2D eigenvalue weighted by Gasteiger charge is 2.42. The van der Waals surface area contributed by atoms with Crippen LogP contribution in [0.5, 0.6) is 0 Å². The Morgan fingerprint density at radius 2 is 1.67 bits per heavy atom. The van der Waals surface area contributed by atoms with Gasteiger partial charge in [-0.15, -0.1) is 0 Å². The first-order chi connectivity index (χ1) is 14.4. The summed E-state index contributed by atoms with van der Waals surface area (Å²) in [5.41, 5.74) is 2.77. The summed E-state index contributed by atoms with van der Waals surface area (Å²) in [6.07, 6.45) is 0. The lowest BCUT2D eigenvalue weighted by Gasteiger charge is -2.18. The second kappa shape index (κ2) is 6.53. The van der Waals surface area contributed by atoms with Crippen molar-refractivity contribution in [1.29, 1.82) is 0 Å². The molecule has 1 unspecified atom stereocenters. The van der Waals surface area contributed by atoms with Crippen molar-refractivity contribution >= 4 is 55.5 Å². The van der Waals surface area contributed by atoms with E-state index in [-0.39, 0.29) is 11.1 Å². The number of rotatable bonds is 3. The molecule has 2 amide bonds. The Morgan fingerprint density at radius 3 is 2.43 bits per heavy atom. The van der Waals surface area contributed by atoms with Crippen molar-refractivity contribution in [1.82, 2.24) is 9.47 Å². The molecule has 0 radical (unpaired) electrons. The number of aliphatic carboxylic acids is 1. The minimum absolute atomic E-state index is 0.216. The third-order valence-corrected chi connectivity index (χ3v) is 6.04. The average molecular weight is 463 g/mol. The molecule has 1 aromatic heterocycles. The highest BCUT2D eigenvalue weighted by atomic mass is 79.9. The molecule has 0 saturated heterocycles. The van der Waals surface area contributed by atoms with Crippen LogP contribution in [0.15, 0.2) is 65.1 Å². The molecule has 0 bridgehead atoms. The Kier molecular flexibility index (Phi) is 4.04. The number of hydrogen-bond acceptors (Lipinski definition) is 3.